The number of aromatic hydroxyl groups is 1. The minimum Gasteiger partial charge on any atom is -0.507 e. The Balaban J connectivity index is 1.80. The molecule has 1 aromatic carbocycles. The van der Waals surface area contributed by atoms with Crippen LogP contribution in [0.25, 0.3) is 11.3 Å². The lowest BCUT2D eigenvalue weighted by atomic mass is 10.1. The molecule has 3 rings (SSSR count). The molecule has 2 N–H and O–H groups in total. The van der Waals surface area contributed by atoms with Crippen molar-refractivity contribution in [1.82, 2.24) is 20.1 Å². The van der Waals surface area contributed by atoms with E-state index in [1.54, 1.807) is 12.1 Å². The third-order valence-electron chi connectivity index (χ3n) is 4.03. The summed E-state index contributed by atoms with van der Waals surface area (Å²) in [6.45, 7) is 3.96. The van der Waals surface area contributed by atoms with Crippen LogP contribution in [0.1, 0.15) is 18.5 Å². The molecule has 23 heavy (non-hydrogen) atoms. The fraction of sp³-hybridized carbons (Fsp3) is 0.438. The molecule has 0 unspecified atom stereocenters. The molecule has 1 fully saturated rings. The lowest BCUT2D eigenvalue weighted by Gasteiger charge is -2.30. The van der Waals surface area contributed by atoms with Gasteiger partial charge in [0, 0.05) is 23.2 Å². The molecule has 1 saturated heterocycles. The Morgan fingerprint density at radius 2 is 2.17 bits per heavy atom. The van der Waals surface area contributed by atoms with Gasteiger partial charge in [0.2, 0.25) is 5.95 Å². The highest BCUT2D eigenvalue weighted by atomic mass is 35.5. The Kier molecular flexibility index (Phi) is 4.63. The Bertz CT molecular complexity index is 709. The number of hydrogen-bond acceptors (Lipinski definition) is 6. The number of likely N-dealkylation sites (N-methyl/N-ethyl adjacent to an activating group) is 1. The smallest absolute Gasteiger partial charge is 0.243 e. The topological polar surface area (TPSA) is 74.2 Å². The van der Waals surface area contributed by atoms with Crippen molar-refractivity contribution in [1.29, 1.82) is 0 Å². The number of phenols is 1. The number of aryl methyl sites for hydroxylation is 1. The molecule has 2 aromatic rings. The fourth-order valence-corrected chi connectivity index (χ4v) is 3.05. The summed E-state index contributed by atoms with van der Waals surface area (Å²) >= 11 is 5.86. The summed E-state index contributed by atoms with van der Waals surface area (Å²) in [6.07, 6.45) is 2.27. The van der Waals surface area contributed by atoms with E-state index in [1.165, 1.54) is 6.07 Å². The Morgan fingerprint density at radius 1 is 1.35 bits per heavy atom. The largest absolute Gasteiger partial charge is 0.507 e. The van der Waals surface area contributed by atoms with Crippen LogP contribution in [0.15, 0.2) is 18.2 Å². The molecule has 2 heterocycles. The van der Waals surface area contributed by atoms with Crippen molar-refractivity contribution < 1.29 is 5.11 Å². The van der Waals surface area contributed by atoms with Crippen molar-refractivity contribution in [2.75, 3.05) is 25.5 Å². The van der Waals surface area contributed by atoms with E-state index in [4.69, 9.17) is 11.6 Å². The molecule has 1 aliphatic rings. The molecule has 6 nitrogen and oxygen atoms in total. The third kappa shape index (κ3) is 3.71. The number of hydrogen-bond donors (Lipinski definition) is 2. The predicted molar refractivity (Wildman–Crippen MR) is 90.8 cm³/mol. The van der Waals surface area contributed by atoms with Gasteiger partial charge in [0.25, 0.3) is 0 Å². The lowest BCUT2D eigenvalue weighted by Crippen LogP contribution is -2.40. The summed E-state index contributed by atoms with van der Waals surface area (Å²) in [7, 11) is 2.12. The van der Waals surface area contributed by atoms with Crippen molar-refractivity contribution >= 4 is 17.5 Å². The third-order valence-corrected chi connectivity index (χ3v) is 4.27. The summed E-state index contributed by atoms with van der Waals surface area (Å²) in [5.41, 5.74) is 1.85. The highest BCUT2D eigenvalue weighted by molar-refractivity contribution is 6.30. The van der Waals surface area contributed by atoms with E-state index in [0.29, 0.717) is 34.0 Å². The normalized spacial score (nSPS) is 18.8. The number of phenolic OH excluding ortho intramolecular Hbond substituents is 1. The van der Waals surface area contributed by atoms with Crippen LogP contribution in [0.5, 0.6) is 5.75 Å². The van der Waals surface area contributed by atoms with Crippen LogP contribution in [0.2, 0.25) is 5.02 Å². The zero-order chi connectivity index (χ0) is 16.4. The Morgan fingerprint density at radius 3 is 2.87 bits per heavy atom. The molecular weight excluding hydrogens is 314 g/mol. The maximum atomic E-state index is 10.0. The Hall–Kier alpha value is -1.92. The SMILES string of the molecule is Cc1nc(N[C@@H]2CCCN(C)C2)nnc1-c1ccc(Cl)cc1O. The van der Waals surface area contributed by atoms with Crippen LogP contribution in [0.3, 0.4) is 0 Å². The molecule has 1 atom stereocenters. The van der Waals surface area contributed by atoms with Gasteiger partial charge in [-0.3, -0.25) is 0 Å². The van der Waals surface area contributed by atoms with Crippen molar-refractivity contribution in [3.8, 4) is 17.0 Å². The van der Waals surface area contributed by atoms with Crippen LogP contribution >= 0.6 is 11.6 Å². The predicted octanol–water partition coefficient (Wildman–Crippen LogP) is 2.71. The second-order valence-electron chi connectivity index (χ2n) is 5.98. The van der Waals surface area contributed by atoms with E-state index in [0.717, 1.165) is 25.9 Å². The number of nitrogens with zero attached hydrogens (tertiary/aromatic N) is 4. The number of piperidine rings is 1. The number of benzene rings is 1. The second kappa shape index (κ2) is 6.68. The minimum atomic E-state index is 0.0753. The van der Waals surface area contributed by atoms with Crippen LogP contribution in [0, 0.1) is 6.92 Å². The Labute approximate surface area is 140 Å². The number of nitrogens with one attached hydrogen (secondary N) is 1. The molecule has 122 valence electrons. The molecule has 0 saturated carbocycles. The number of aromatic nitrogens is 3. The standard InChI is InChI=1S/C16H20ClN5O/c1-10-15(13-6-5-11(17)8-14(13)23)20-21-16(18-10)19-12-4-3-7-22(2)9-12/h5-6,8,12,23H,3-4,7,9H2,1-2H3,(H,18,19,21)/t12-/m1/s1. The first kappa shape index (κ1) is 16.0. The summed E-state index contributed by atoms with van der Waals surface area (Å²) in [6, 6.07) is 5.26. The number of anilines is 1. The number of halogens is 1. The van der Waals surface area contributed by atoms with Gasteiger partial charge in [-0.1, -0.05) is 11.6 Å². The average Bonchev–Trinajstić information content (AvgIpc) is 2.48. The second-order valence-corrected chi connectivity index (χ2v) is 6.41. The summed E-state index contributed by atoms with van der Waals surface area (Å²) in [4.78, 5) is 6.78. The molecule has 0 amide bonds. The van der Waals surface area contributed by atoms with Gasteiger partial charge in [0.05, 0.1) is 5.69 Å². The van der Waals surface area contributed by atoms with Crippen molar-refractivity contribution in [3.05, 3.63) is 28.9 Å². The highest BCUT2D eigenvalue weighted by Gasteiger charge is 2.19. The van der Waals surface area contributed by atoms with Gasteiger partial charge in [-0.15, -0.1) is 10.2 Å². The maximum Gasteiger partial charge on any atom is 0.243 e. The molecule has 0 bridgehead atoms. The summed E-state index contributed by atoms with van der Waals surface area (Å²) < 4.78 is 0. The van der Waals surface area contributed by atoms with Crippen LogP contribution < -0.4 is 5.32 Å². The zero-order valence-electron chi connectivity index (χ0n) is 13.3. The first-order valence-electron chi connectivity index (χ1n) is 7.68. The van der Waals surface area contributed by atoms with Gasteiger partial charge in [0.1, 0.15) is 11.4 Å². The molecule has 0 aliphatic carbocycles. The van der Waals surface area contributed by atoms with E-state index < -0.39 is 0 Å². The van der Waals surface area contributed by atoms with Gasteiger partial charge in [-0.2, -0.15) is 0 Å². The first-order valence-corrected chi connectivity index (χ1v) is 8.06. The van der Waals surface area contributed by atoms with E-state index in [9.17, 15) is 5.11 Å². The first-order chi connectivity index (χ1) is 11.0. The van der Waals surface area contributed by atoms with Gasteiger partial charge in [-0.05, 0) is 51.6 Å². The monoisotopic (exact) mass is 333 g/mol. The van der Waals surface area contributed by atoms with Crippen molar-refractivity contribution in [3.63, 3.8) is 0 Å². The van der Waals surface area contributed by atoms with E-state index in [1.807, 2.05) is 6.92 Å². The van der Waals surface area contributed by atoms with Crippen LogP contribution in [-0.2, 0) is 0 Å². The average molecular weight is 334 g/mol. The highest BCUT2D eigenvalue weighted by Crippen LogP contribution is 2.31. The van der Waals surface area contributed by atoms with Gasteiger partial charge in [0.15, 0.2) is 0 Å². The van der Waals surface area contributed by atoms with Crippen molar-refractivity contribution in [2.24, 2.45) is 0 Å². The number of likely N-dealkylation sites (tertiary alicyclic amines) is 1. The van der Waals surface area contributed by atoms with E-state index in [-0.39, 0.29) is 5.75 Å². The summed E-state index contributed by atoms with van der Waals surface area (Å²) in [5, 5.41) is 22.2. The minimum absolute atomic E-state index is 0.0753. The quantitative estimate of drug-likeness (QED) is 0.899. The molecule has 7 heteroatoms. The van der Waals surface area contributed by atoms with Gasteiger partial charge in [-0.25, -0.2) is 4.98 Å². The summed E-state index contributed by atoms with van der Waals surface area (Å²) in [5.74, 6) is 0.603. The zero-order valence-corrected chi connectivity index (χ0v) is 14.0. The van der Waals surface area contributed by atoms with Crippen LogP contribution in [0.4, 0.5) is 5.95 Å². The van der Waals surface area contributed by atoms with Gasteiger partial charge < -0.3 is 15.3 Å². The molecule has 1 aliphatic heterocycles. The van der Waals surface area contributed by atoms with Crippen LogP contribution in [-0.4, -0.2) is 51.4 Å². The van der Waals surface area contributed by atoms with Gasteiger partial charge >= 0.3 is 0 Å². The molecule has 0 spiro atoms. The maximum absolute atomic E-state index is 10.0. The molecular formula is C16H20ClN5O. The molecule has 1 aromatic heterocycles. The fourth-order valence-electron chi connectivity index (χ4n) is 2.89. The number of rotatable bonds is 3. The molecule has 0 radical (unpaired) electrons. The lowest BCUT2D eigenvalue weighted by molar-refractivity contribution is 0.260. The van der Waals surface area contributed by atoms with E-state index >= 15 is 0 Å². The van der Waals surface area contributed by atoms with Crippen molar-refractivity contribution in [2.45, 2.75) is 25.8 Å². The van der Waals surface area contributed by atoms with E-state index in [2.05, 4.69) is 32.4 Å².